The fourth-order valence-corrected chi connectivity index (χ4v) is 6.59. The van der Waals surface area contributed by atoms with Crippen LogP contribution in [0.25, 0.3) is 0 Å². The Morgan fingerprint density at radius 3 is 2.24 bits per heavy atom. The Labute approximate surface area is 279 Å². The molecule has 0 radical (unpaired) electrons. The molecule has 9 nitrogen and oxygen atoms in total. The molecule has 0 spiro atoms. The molecule has 254 valence electrons. The van der Waals surface area contributed by atoms with Crippen molar-refractivity contribution in [3.8, 4) is 11.5 Å². The molecule has 0 fully saturated rings. The van der Waals surface area contributed by atoms with Crippen molar-refractivity contribution in [1.82, 2.24) is 9.21 Å². The van der Waals surface area contributed by atoms with E-state index in [1.54, 1.807) is 24.3 Å². The summed E-state index contributed by atoms with van der Waals surface area (Å²) in [7, 11) is -2.12. The zero-order valence-electron chi connectivity index (χ0n) is 26.9. The largest absolute Gasteiger partial charge is 0.497 e. The summed E-state index contributed by atoms with van der Waals surface area (Å²) < 4.78 is 53.0. The van der Waals surface area contributed by atoms with Gasteiger partial charge in [-0.3, -0.25) is 4.79 Å². The predicted molar refractivity (Wildman–Crippen MR) is 181 cm³/mol. The van der Waals surface area contributed by atoms with Gasteiger partial charge in [0, 0.05) is 32.1 Å². The number of amides is 1. The molecule has 1 atom stereocenters. The van der Waals surface area contributed by atoms with Crippen molar-refractivity contribution in [3.63, 3.8) is 0 Å². The van der Waals surface area contributed by atoms with Crippen LogP contribution >= 0.6 is 12.4 Å². The zero-order valence-corrected chi connectivity index (χ0v) is 28.5. The van der Waals surface area contributed by atoms with Crippen LogP contribution < -0.4 is 15.2 Å². The van der Waals surface area contributed by atoms with E-state index in [0.29, 0.717) is 43.0 Å². The van der Waals surface area contributed by atoms with E-state index in [0.717, 1.165) is 11.1 Å². The summed E-state index contributed by atoms with van der Waals surface area (Å²) in [5.74, 6) is -0.339. The van der Waals surface area contributed by atoms with Crippen molar-refractivity contribution in [2.24, 2.45) is 5.73 Å². The third kappa shape index (κ3) is 12.9. The first-order valence-electron chi connectivity index (χ1n) is 15.3. The second-order valence-electron chi connectivity index (χ2n) is 11.2. The molecule has 3 rings (SSSR count). The molecule has 1 amide bonds. The first-order valence-corrected chi connectivity index (χ1v) is 16.9. The Morgan fingerprint density at radius 1 is 0.935 bits per heavy atom. The Hall–Kier alpha value is -3.22. The summed E-state index contributed by atoms with van der Waals surface area (Å²) in [6, 6.07) is 21.0. The highest BCUT2D eigenvalue weighted by Gasteiger charge is 2.29. The molecular formula is C34H47ClFN3O6S. The van der Waals surface area contributed by atoms with Crippen molar-refractivity contribution in [2.75, 3.05) is 32.5 Å². The molecule has 0 aliphatic heterocycles. The number of halogens is 2. The zero-order chi connectivity index (χ0) is 32.9. The van der Waals surface area contributed by atoms with E-state index in [1.807, 2.05) is 50.2 Å². The van der Waals surface area contributed by atoms with E-state index in [2.05, 4.69) is 0 Å². The molecule has 0 saturated heterocycles. The lowest BCUT2D eigenvalue weighted by molar-refractivity contribution is -0.135. The van der Waals surface area contributed by atoms with E-state index in [-0.39, 0.29) is 57.1 Å². The minimum Gasteiger partial charge on any atom is -0.497 e. The van der Waals surface area contributed by atoms with Gasteiger partial charge in [-0.2, -0.15) is 0 Å². The Balaban J connectivity index is 0.00000736. The lowest BCUT2D eigenvalue weighted by Crippen LogP contribution is -2.52. The molecule has 0 bridgehead atoms. The number of carbonyl (C=O) groups is 1. The molecular weight excluding hydrogens is 633 g/mol. The van der Waals surface area contributed by atoms with E-state index < -0.39 is 27.5 Å². The van der Waals surface area contributed by atoms with E-state index in [9.17, 15) is 22.7 Å². The van der Waals surface area contributed by atoms with Gasteiger partial charge >= 0.3 is 0 Å². The van der Waals surface area contributed by atoms with Gasteiger partial charge < -0.3 is 25.2 Å². The number of sulfonamides is 1. The van der Waals surface area contributed by atoms with Gasteiger partial charge in [-0.1, -0.05) is 56.3 Å². The maximum Gasteiger partial charge on any atom is 0.224 e. The first-order chi connectivity index (χ1) is 21.4. The maximum atomic E-state index is 14.4. The normalized spacial score (nSPS) is 12.7. The second-order valence-corrected chi connectivity index (χ2v) is 13.3. The van der Waals surface area contributed by atoms with Crippen LogP contribution in [-0.4, -0.2) is 66.9 Å². The molecule has 0 unspecified atom stereocenters. The summed E-state index contributed by atoms with van der Waals surface area (Å²) in [4.78, 5) is 14.9. The topological polar surface area (TPSA) is 122 Å². The maximum absolute atomic E-state index is 14.4. The molecule has 0 aliphatic rings. The number of hydrogen-bond acceptors (Lipinski definition) is 7. The summed E-state index contributed by atoms with van der Waals surface area (Å²) >= 11 is 0. The number of nitrogens with zero attached hydrogens (tertiary/aromatic N) is 2. The molecule has 0 heterocycles. The molecule has 0 saturated carbocycles. The summed E-state index contributed by atoms with van der Waals surface area (Å²) in [6.07, 6.45) is 1.29. The number of rotatable bonds is 19. The van der Waals surface area contributed by atoms with Crippen molar-refractivity contribution >= 4 is 28.3 Å². The predicted octanol–water partition coefficient (Wildman–Crippen LogP) is 5.29. The van der Waals surface area contributed by atoms with Crippen LogP contribution in [-0.2, 0) is 34.4 Å². The fourth-order valence-electron chi connectivity index (χ4n) is 4.98. The van der Waals surface area contributed by atoms with Crippen molar-refractivity contribution in [1.29, 1.82) is 0 Å². The Morgan fingerprint density at radius 2 is 1.59 bits per heavy atom. The van der Waals surface area contributed by atoms with E-state index in [4.69, 9.17) is 15.2 Å². The van der Waals surface area contributed by atoms with Gasteiger partial charge in [0.05, 0.1) is 19.4 Å². The standard InChI is InChI=1S/C34H46FN3O6S.ClH/c1-4-17-38(18-5-2)45(41,42)19-15-33(39)37(24-29-12-9-13-31(22-29)43-3)26-34(36,40)16-14-28-20-30(35)23-32(21-28)44-25-27-10-7-6-8-11-27;/h6-13,20-23,40H,4-5,14-19,24-26,36H2,1-3H3;1H/t34-;/m0./s1. The molecule has 3 aromatic carbocycles. The number of aryl methyl sites for hydroxylation is 1. The average molecular weight is 680 g/mol. The number of ether oxygens (including phenoxy) is 2. The third-order valence-electron chi connectivity index (χ3n) is 7.26. The van der Waals surface area contributed by atoms with Crippen LogP contribution in [0.4, 0.5) is 4.39 Å². The van der Waals surface area contributed by atoms with Crippen LogP contribution in [0.5, 0.6) is 11.5 Å². The number of hydrogen-bond donors (Lipinski definition) is 2. The Kier molecular flexibility index (Phi) is 15.9. The Bertz CT molecular complexity index is 1470. The van der Waals surface area contributed by atoms with Gasteiger partial charge in [0.25, 0.3) is 0 Å². The highest BCUT2D eigenvalue weighted by molar-refractivity contribution is 7.89. The molecule has 0 aliphatic carbocycles. The van der Waals surface area contributed by atoms with Crippen molar-refractivity contribution < 1.29 is 32.2 Å². The number of nitrogens with two attached hydrogens (primary N) is 1. The minimum atomic E-state index is -3.65. The van der Waals surface area contributed by atoms with E-state index in [1.165, 1.54) is 28.4 Å². The molecule has 46 heavy (non-hydrogen) atoms. The van der Waals surface area contributed by atoms with Gasteiger partial charge in [0.1, 0.15) is 29.6 Å². The van der Waals surface area contributed by atoms with Crippen LogP contribution in [0.1, 0.15) is 56.2 Å². The third-order valence-corrected chi connectivity index (χ3v) is 9.14. The van der Waals surface area contributed by atoms with Gasteiger partial charge in [-0.25, -0.2) is 17.1 Å². The van der Waals surface area contributed by atoms with Crippen LogP contribution in [0.2, 0.25) is 0 Å². The quantitative estimate of drug-likeness (QED) is 0.165. The lowest BCUT2D eigenvalue weighted by atomic mass is 10.0. The molecule has 3 aromatic rings. The van der Waals surface area contributed by atoms with Crippen LogP contribution in [0.15, 0.2) is 72.8 Å². The van der Waals surface area contributed by atoms with E-state index >= 15 is 0 Å². The highest BCUT2D eigenvalue weighted by atomic mass is 35.5. The number of aliphatic hydroxyl groups is 1. The minimum absolute atomic E-state index is 0. The second kappa shape index (κ2) is 18.8. The summed E-state index contributed by atoms with van der Waals surface area (Å²) in [5, 5.41) is 11.2. The number of methoxy groups -OCH3 is 1. The SMILES string of the molecule is CCCN(CCC)S(=O)(=O)CCC(=O)N(Cc1cccc(OC)c1)C[C@@](N)(O)CCc1cc(F)cc(OCc2ccccc2)c1.Cl. The molecule has 3 N–H and O–H groups in total. The lowest BCUT2D eigenvalue weighted by Gasteiger charge is -2.32. The first kappa shape index (κ1) is 39.0. The molecule has 0 aromatic heterocycles. The molecule has 12 heteroatoms. The number of carbonyl (C=O) groups excluding carboxylic acids is 1. The van der Waals surface area contributed by atoms with Gasteiger partial charge in [0.2, 0.25) is 15.9 Å². The van der Waals surface area contributed by atoms with Crippen LogP contribution in [0.3, 0.4) is 0 Å². The van der Waals surface area contributed by atoms with Crippen LogP contribution in [0, 0.1) is 5.82 Å². The van der Waals surface area contributed by atoms with Gasteiger partial charge in [-0.05, 0) is 66.6 Å². The number of benzene rings is 3. The van der Waals surface area contributed by atoms with Gasteiger partial charge in [0.15, 0.2) is 0 Å². The fraction of sp³-hybridized carbons (Fsp3) is 0.441. The highest BCUT2D eigenvalue weighted by Crippen LogP contribution is 2.22. The van der Waals surface area contributed by atoms with Crippen molar-refractivity contribution in [2.45, 2.75) is 64.8 Å². The monoisotopic (exact) mass is 679 g/mol. The summed E-state index contributed by atoms with van der Waals surface area (Å²) in [6.45, 7) is 4.69. The average Bonchev–Trinajstić information content (AvgIpc) is 3.01. The van der Waals surface area contributed by atoms with Gasteiger partial charge in [-0.15, -0.1) is 12.4 Å². The smallest absolute Gasteiger partial charge is 0.224 e. The summed E-state index contributed by atoms with van der Waals surface area (Å²) in [5.41, 5.74) is 6.72. The van der Waals surface area contributed by atoms with Crippen molar-refractivity contribution in [3.05, 3.63) is 95.3 Å².